The van der Waals surface area contributed by atoms with Gasteiger partial charge < -0.3 is 11.1 Å². The first kappa shape index (κ1) is 17.5. The fourth-order valence-electron chi connectivity index (χ4n) is 2.05. The minimum atomic E-state index is -3.79. The second kappa shape index (κ2) is 6.71. The van der Waals surface area contributed by atoms with Gasteiger partial charge in [0, 0.05) is 23.9 Å². The molecule has 2 rings (SSSR count). The van der Waals surface area contributed by atoms with Crippen LogP contribution in [0, 0.1) is 6.92 Å². The molecule has 0 heterocycles. The van der Waals surface area contributed by atoms with E-state index in [4.69, 9.17) is 5.73 Å². The van der Waals surface area contributed by atoms with Crippen LogP contribution in [0.3, 0.4) is 0 Å². The lowest BCUT2D eigenvalue weighted by atomic mass is 10.2. The SMILES string of the molecule is CC(=O)Nc1ccc(S(=O)(=O)Nc2ccc(C(N)=O)cc2)cc1C. The van der Waals surface area contributed by atoms with Gasteiger partial charge >= 0.3 is 0 Å². The van der Waals surface area contributed by atoms with Crippen LogP contribution in [0.1, 0.15) is 22.8 Å². The van der Waals surface area contributed by atoms with Crippen molar-refractivity contribution in [1.29, 1.82) is 0 Å². The van der Waals surface area contributed by atoms with Crippen LogP contribution >= 0.6 is 0 Å². The molecule has 0 saturated heterocycles. The lowest BCUT2D eigenvalue weighted by molar-refractivity contribution is -0.114. The average Bonchev–Trinajstić information content (AvgIpc) is 2.49. The zero-order valence-electron chi connectivity index (χ0n) is 13.2. The number of primary amides is 1. The van der Waals surface area contributed by atoms with Crippen LogP contribution in [0.2, 0.25) is 0 Å². The third-order valence-corrected chi connectivity index (χ3v) is 4.62. The standard InChI is InChI=1S/C16H17N3O4S/c1-10-9-14(7-8-15(10)18-11(2)20)24(22,23)19-13-5-3-12(4-6-13)16(17)21/h3-9,19H,1-2H3,(H2,17,21)(H,18,20). The maximum absolute atomic E-state index is 12.4. The van der Waals surface area contributed by atoms with E-state index in [1.165, 1.54) is 49.4 Å². The predicted octanol–water partition coefficient (Wildman–Crippen LogP) is 1.85. The molecule has 0 spiro atoms. The molecule has 0 aliphatic carbocycles. The first-order valence-corrected chi connectivity index (χ1v) is 8.48. The fraction of sp³-hybridized carbons (Fsp3) is 0.125. The maximum atomic E-state index is 12.4. The number of sulfonamides is 1. The summed E-state index contributed by atoms with van der Waals surface area (Å²) in [5.74, 6) is -0.824. The summed E-state index contributed by atoms with van der Waals surface area (Å²) in [6, 6.07) is 10.2. The third-order valence-electron chi connectivity index (χ3n) is 3.24. The highest BCUT2D eigenvalue weighted by atomic mass is 32.2. The van der Waals surface area contributed by atoms with Crippen molar-refractivity contribution >= 4 is 33.2 Å². The molecule has 2 aromatic rings. The number of amides is 2. The second-order valence-electron chi connectivity index (χ2n) is 5.21. The van der Waals surface area contributed by atoms with Crippen LogP contribution in [0.4, 0.5) is 11.4 Å². The van der Waals surface area contributed by atoms with Crippen LogP contribution in [-0.2, 0) is 14.8 Å². The molecule has 0 unspecified atom stereocenters. The molecular weight excluding hydrogens is 330 g/mol. The summed E-state index contributed by atoms with van der Waals surface area (Å²) in [5.41, 5.74) is 6.91. The molecule has 7 nitrogen and oxygen atoms in total. The summed E-state index contributed by atoms with van der Waals surface area (Å²) < 4.78 is 27.3. The minimum absolute atomic E-state index is 0.0630. The number of nitrogens with two attached hydrogens (primary N) is 1. The molecule has 2 amide bonds. The van der Waals surface area contributed by atoms with Gasteiger partial charge in [-0.15, -0.1) is 0 Å². The fourth-order valence-corrected chi connectivity index (χ4v) is 3.19. The number of aryl methyl sites for hydroxylation is 1. The molecule has 2 aromatic carbocycles. The Labute approximate surface area is 139 Å². The number of hydrogen-bond donors (Lipinski definition) is 3. The molecule has 0 bridgehead atoms. The van der Waals surface area contributed by atoms with Gasteiger partial charge in [-0.2, -0.15) is 0 Å². The van der Waals surface area contributed by atoms with Crippen LogP contribution < -0.4 is 15.8 Å². The molecule has 0 fully saturated rings. The Morgan fingerprint density at radius 1 is 1.04 bits per heavy atom. The molecule has 8 heteroatoms. The Kier molecular flexibility index (Phi) is 4.89. The highest BCUT2D eigenvalue weighted by Crippen LogP contribution is 2.22. The van der Waals surface area contributed by atoms with Gasteiger partial charge in [-0.3, -0.25) is 14.3 Å². The topological polar surface area (TPSA) is 118 Å². The van der Waals surface area contributed by atoms with E-state index in [2.05, 4.69) is 10.0 Å². The van der Waals surface area contributed by atoms with E-state index in [1.807, 2.05) is 0 Å². The van der Waals surface area contributed by atoms with E-state index in [0.717, 1.165) is 0 Å². The van der Waals surface area contributed by atoms with Crippen molar-refractivity contribution in [1.82, 2.24) is 0 Å². The van der Waals surface area contributed by atoms with Gasteiger partial charge in [0.05, 0.1) is 4.90 Å². The molecule has 24 heavy (non-hydrogen) atoms. The minimum Gasteiger partial charge on any atom is -0.366 e. The summed E-state index contributed by atoms with van der Waals surface area (Å²) in [6.07, 6.45) is 0. The quantitative estimate of drug-likeness (QED) is 0.765. The number of benzene rings is 2. The van der Waals surface area contributed by atoms with Gasteiger partial charge in [0.2, 0.25) is 11.8 Å². The molecule has 0 atom stereocenters. The molecule has 0 radical (unpaired) electrons. The van der Waals surface area contributed by atoms with E-state index in [1.54, 1.807) is 6.92 Å². The Morgan fingerprint density at radius 3 is 2.17 bits per heavy atom. The number of carbonyl (C=O) groups is 2. The first-order valence-electron chi connectivity index (χ1n) is 7.00. The smallest absolute Gasteiger partial charge is 0.261 e. The lowest BCUT2D eigenvalue weighted by Crippen LogP contribution is -2.15. The molecule has 0 aromatic heterocycles. The molecule has 4 N–H and O–H groups in total. The van der Waals surface area contributed by atoms with Crippen molar-refractivity contribution in [2.45, 2.75) is 18.7 Å². The molecule has 126 valence electrons. The largest absolute Gasteiger partial charge is 0.366 e. The van der Waals surface area contributed by atoms with Gasteiger partial charge in [-0.05, 0) is 55.0 Å². The maximum Gasteiger partial charge on any atom is 0.261 e. The number of nitrogens with one attached hydrogen (secondary N) is 2. The number of hydrogen-bond acceptors (Lipinski definition) is 4. The molecule has 0 aliphatic rings. The van der Waals surface area contributed by atoms with Gasteiger partial charge in [-0.25, -0.2) is 8.42 Å². The number of rotatable bonds is 5. The van der Waals surface area contributed by atoms with Crippen molar-refractivity contribution < 1.29 is 18.0 Å². The molecule has 0 saturated carbocycles. The summed E-state index contributed by atoms with van der Waals surface area (Å²) in [5, 5.41) is 2.62. The van der Waals surface area contributed by atoms with Crippen molar-refractivity contribution in [3.63, 3.8) is 0 Å². The van der Waals surface area contributed by atoms with E-state index < -0.39 is 15.9 Å². The van der Waals surface area contributed by atoms with Crippen molar-refractivity contribution in [3.05, 3.63) is 53.6 Å². The molecular formula is C16H17N3O4S. The number of anilines is 2. The highest BCUT2D eigenvalue weighted by molar-refractivity contribution is 7.92. The van der Waals surface area contributed by atoms with Crippen molar-refractivity contribution in [3.8, 4) is 0 Å². The zero-order chi connectivity index (χ0) is 17.9. The Hall–Kier alpha value is -2.87. The van der Waals surface area contributed by atoms with Gasteiger partial charge in [0.15, 0.2) is 0 Å². The van der Waals surface area contributed by atoms with Crippen LogP contribution in [-0.4, -0.2) is 20.2 Å². The first-order chi connectivity index (χ1) is 11.2. The predicted molar refractivity (Wildman–Crippen MR) is 91.3 cm³/mol. The van der Waals surface area contributed by atoms with Crippen LogP contribution in [0.5, 0.6) is 0 Å². The van der Waals surface area contributed by atoms with E-state index in [-0.39, 0.29) is 16.4 Å². The highest BCUT2D eigenvalue weighted by Gasteiger charge is 2.16. The Bertz CT molecular complexity index is 890. The summed E-state index contributed by atoms with van der Waals surface area (Å²) in [4.78, 5) is 22.2. The number of carbonyl (C=O) groups excluding carboxylic acids is 2. The Balaban J connectivity index is 2.25. The van der Waals surface area contributed by atoms with E-state index >= 15 is 0 Å². The van der Waals surface area contributed by atoms with Gasteiger partial charge in [0.1, 0.15) is 0 Å². The van der Waals surface area contributed by atoms with E-state index in [9.17, 15) is 18.0 Å². The zero-order valence-corrected chi connectivity index (χ0v) is 14.0. The monoisotopic (exact) mass is 347 g/mol. The normalized spacial score (nSPS) is 10.9. The second-order valence-corrected chi connectivity index (χ2v) is 6.89. The van der Waals surface area contributed by atoms with Gasteiger partial charge in [-0.1, -0.05) is 0 Å². The molecule has 0 aliphatic heterocycles. The van der Waals surface area contributed by atoms with Crippen molar-refractivity contribution in [2.75, 3.05) is 10.0 Å². The third kappa shape index (κ3) is 4.11. The summed E-state index contributed by atoms with van der Waals surface area (Å²) in [7, 11) is -3.79. The van der Waals surface area contributed by atoms with Gasteiger partial charge in [0.25, 0.3) is 10.0 Å². The lowest BCUT2D eigenvalue weighted by Gasteiger charge is -2.11. The van der Waals surface area contributed by atoms with Crippen molar-refractivity contribution in [2.24, 2.45) is 5.73 Å². The average molecular weight is 347 g/mol. The Morgan fingerprint density at radius 2 is 1.67 bits per heavy atom. The van der Waals surface area contributed by atoms with Crippen LogP contribution in [0.15, 0.2) is 47.4 Å². The summed E-state index contributed by atoms with van der Waals surface area (Å²) in [6.45, 7) is 3.08. The summed E-state index contributed by atoms with van der Waals surface area (Å²) >= 11 is 0. The van der Waals surface area contributed by atoms with Crippen LogP contribution in [0.25, 0.3) is 0 Å². The van der Waals surface area contributed by atoms with E-state index in [0.29, 0.717) is 16.9 Å².